The molecule has 1 atom stereocenters. The van der Waals surface area contributed by atoms with Crippen molar-refractivity contribution in [2.75, 3.05) is 39.3 Å². The number of benzene rings is 1. The molecule has 2 aliphatic rings. The normalized spacial score (nSPS) is 20.7. The average molecular weight is 358 g/mol. The molecule has 1 unspecified atom stereocenters. The summed E-state index contributed by atoms with van der Waals surface area (Å²) >= 11 is 0. The minimum atomic E-state index is 0.201. The van der Waals surface area contributed by atoms with Gasteiger partial charge in [-0.15, -0.1) is 0 Å². The number of hydrogen-bond donors (Lipinski definition) is 1. The highest BCUT2D eigenvalue weighted by atomic mass is 16.5. The molecule has 2 aliphatic heterocycles. The number of rotatable bonds is 8. The second-order valence-corrected chi connectivity index (χ2v) is 7.81. The Balaban J connectivity index is 1.41. The van der Waals surface area contributed by atoms with Gasteiger partial charge in [0.2, 0.25) is 0 Å². The van der Waals surface area contributed by atoms with Gasteiger partial charge < -0.3 is 15.0 Å². The number of hydrogen-bond acceptors (Lipinski definition) is 4. The Kier molecular flexibility index (Phi) is 7.51. The summed E-state index contributed by atoms with van der Waals surface area (Å²) in [7, 11) is 0. The predicted octanol–water partition coefficient (Wildman–Crippen LogP) is 4.18. The number of piperidine rings is 2. The number of nitrogens with one attached hydrogen (secondary N) is 1. The van der Waals surface area contributed by atoms with Crippen LogP contribution in [0.4, 0.5) is 0 Å². The lowest BCUT2D eigenvalue weighted by molar-refractivity contribution is 0.205. The van der Waals surface area contributed by atoms with E-state index in [4.69, 9.17) is 10.1 Å². The van der Waals surface area contributed by atoms with Crippen LogP contribution >= 0.6 is 0 Å². The lowest BCUT2D eigenvalue weighted by atomic mass is 10.0. The molecule has 0 spiro atoms. The molecule has 0 saturated carbocycles. The van der Waals surface area contributed by atoms with Gasteiger partial charge in [-0.2, -0.15) is 0 Å². The number of nitrogens with zero attached hydrogens (tertiary/aromatic N) is 2. The molecular weight excluding hydrogens is 322 g/mol. The molecule has 2 heterocycles. The zero-order chi connectivity index (χ0) is 18.2. The molecule has 1 N–H and O–H groups in total. The Bertz CT molecular complexity index is 545. The van der Waals surface area contributed by atoms with Crippen molar-refractivity contribution < 1.29 is 4.74 Å². The maximum absolute atomic E-state index is 8.54. The summed E-state index contributed by atoms with van der Waals surface area (Å²) in [5.74, 6) is 0.922. The quantitative estimate of drug-likeness (QED) is 0.560. The topological polar surface area (TPSA) is 39.6 Å². The Labute approximate surface area is 159 Å². The van der Waals surface area contributed by atoms with Gasteiger partial charge in [0, 0.05) is 12.6 Å². The molecule has 0 aliphatic carbocycles. The molecule has 0 amide bonds. The zero-order valence-corrected chi connectivity index (χ0v) is 16.4. The first kappa shape index (κ1) is 19.4. The molecule has 144 valence electrons. The number of likely N-dealkylation sites (tertiary alicyclic amines) is 2. The molecular formula is C22H35N3O. The molecule has 1 aromatic carbocycles. The van der Waals surface area contributed by atoms with E-state index in [-0.39, 0.29) is 6.04 Å². The minimum Gasteiger partial charge on any atom is -0.494 e. The SMILES string of the molecule is CC(C(=N)c1ccc(OCCCN2CCCCC2)cc1)N1CCCCC1. The first-order valence-electron chi connectivity index (χ1n) is 10.5. The number of ether oxygens (including phenoxy) is 1. The van der Waals surface area contributed by atoms with Crippen LogP contribution in [0.25, 0.3) is 0 Å². The van der Waals surface area contributed by atoms with E-state index in [0.29, 0.717) is 0 Å². The summed E-state index contributed by atoms with van der Waals surface area (Å²) in [6, 6.07) is 8.33. The largest absolute Gasteiger partial charge is 0.494 e. The van der Waals surface area contributed by atoms with Crippen LogP contribution in [0, 0.1) is 5.41 Å². The van der Waals surface area contributed by atoms with Gasteiger partial charge in [-0.05, 0) is 95.0 Å². The van der Waals surface area contributed by atoms with Crippen LogP contribution in [0.15, 0.2) is 24.3 Å². The summed E-state index contributed by atoms with van der Waals surface area (Å²) in [5, 5.41) is 8.54. The van der Waals surface area contributed by atoms with Gasteiger partial charge in [0.25, 0.3) is 0 Å². The van der Waals surface area contributed by atoms with Gasteiger partial charge in [-0.1, -0.05) is 12.8 Å². The van der Waals surface area contributed by atoms with E-state index in [0.717, 1.165) is 49.7 Å². The van der Waals surface area contributed by atoms with E-state index in [2.05, 4.69) is 16.7 Å². The van der Waals surface area contributed by atoms with Gasteiger partial charge in [0.05, 0.1) is 12.3 Å². The summed E-state index contributed by atoms with van der Waals surface area (Å²) in [6.07, 6.45) is 9.05. The van der Waals surface area contributed by atoms with E-state index in [1.807, 2.05) is 24.3 Å². The predicted molar refractivity (Wildman–Crippen MR) is 109 cm³/mol. The Morgan fingerprint density at radius 1 is 0.962 bits per heavy atom. The highest BCUT2D eigenvalue weighted by Gasteiger charge is 2.21. The summed E-state index contributed by atoms with van der Waals surface area (Å²) in [6.45, 7) is 8.85. The molecule has 26 heavy (non-hydrogen) atoms. The summed E-state index contributed by atoms with van der Waals surface area (Å²) in [5.41, 5.74) is 1.74. The summed E-state index contributed by atoms with van der Waals surface area (Å²) in [4.78, 5) is 5.00. The standard InChI is InChI=1S/C22H35N3O/c1-19(25-16-6-3-7-17-25)22(23)20-9-11-21(12-10-20)26-18-8-15-24-13-4-2-5-14-24/h9-12,19,23H,2-8,13-18H2,1H3. The molecule has 0 aromatic heterocycles. The van der Waals surface area contributed by atoms with Crippen molar-refractivity contribution in [3.8, 4) is 5.75 Å². The fraction of sp³-hybridized carbons (Fsp3) is 0.682. The van der Waals surface area contributed by atoms with Gasteiger partial charge in [0.15, 0.2) is 0 Å². The minimum absolute atomic E-state index is 0.201. The average Bonchev–Trinajstić information content (AvgIpc) is 2.72. The Morgan fingerprint density at radius 2 is 1.58 bits per heavy atom. The van der Waals surface area contributed by atoms with E-state index in [1.54, 1.807) is 0 Å². The van der Waals surface area contributed by atoms with Crippen LogP contribution in [-0.2, 0) is 0 Å². The first-order valence-corrected chi connectivity index (χ1v) is 10.5. The Hall–Kier alpha value is -1.39. The Morgan fingerprint density at radius 3 is 2.23 bits per heavy atom. The van der Waals surface area contributed by atoms with Crippen LogP contribution in [0.3, 0.4) is 0 Å². The summed E-state index contributed by atoms with van der Waals surface area (Å²) < 4.78 is 5.90. The van der Waals surface area contributed by atoms with E-state index in [1.165, 1.54) is 51.6 Å². The van der Waals surface area contributed by atoms with Crippen molar-refractivity contribution in [3.05, 3.63) is 29.8 Å². The van der Waals surface area contributed by atoms with Crippen LogP contribution in [0.1, 0.15) is 57.4 Å². The van der Waals surface area contributed by atoms with Crippen LogP contribution in [-0.4, -0.2) is 60.9 Å². The second kappa shape index (κ2) is 10.1. The monoisotopic (exact) mass is 357 g/mol. The maximum atomic E-state index is 8.54. The van der Waals surface area contributed by atoms with Gasteiger partial charge in [0.1, 0.15) is 5.75 Å². The van der Waals surface area contributed by atoms with Crippen molar-refractivity contribution in [1.82, 2.24) is 9.80 Å². The smallest absolute Gasteiger partial charge is 0.119 e. The fourth-order valence-corrected chi connectivity index (χ4v) is 4.12. The second-order valence-electron chi connectivity index (χ2n) is 7.81. The van der Waals surface area contributed by atoms with Crippen LogP contribution < -0.4 is 4.74 Å². The fourth-order valence-electron chi connectivity index (χ4n) is 4.12. The van der Waals surface area contributed by atoms with E-state index in [9.17, 15) is 0 Å². The van der Waals surface area contributed by atoms with Crippen molar-refractivity contribution in [1.29, 1.82) is 5.41 Å². The maximum Gasteiger partial charge on any atom is 0.119 e. The van der Waals surface area contributed by atoms with Gasteiger partial charge in [-0.25, -0.2) is 0 Å². The highest BCUT2D eigenvalue weighted by molar-refractivity contribution is 6.01. The molecule has 2 saturated heterocycles. The molecule has 0 bridgehead atoms. The molecule has 0 radical (unpaired) electrons. The highest BCUT2D eigenvalue weighted by Crippen LogP contribution is 2.18. The molecule has 4 nitrogen and oxygen atoms in total. The molecule has 2 fully saturated rings. The first-order chi connectivity index (χ1) is 12.7. The zero-order valence-electron chi connectivity index (χ0n) is 16.4. The molecule has 1 aromatic rings. The van der Waals surface area contributed by atoms with Crippen molar-refractivity contribution in [3.63, 3.8) is 0 Å². The van der Waals surface area contributed by atoms with Gasteiger partial charge in [-0.3, -0.25) is 4.90 Å². The lowest BCUT2D eigenvalue weighted by Crippen LogP contribution is -2.42. The third-order valence-corrected chi connectivity index (χ3v) is 5.86. The van der Waals surface area contributed by atoms with Crippen molar-refractivity contribution >= 4 is 5.71 Å². The third-order valence-electron chi connectivity index (χ3n) is 5.86. The van der Waals surface area contributed by atoms with Gasteiger partial charge >= 0.3 is 0 Å². The van der Waals surface area contributed by atoms with E-state index < -0.39 is 0 Å². The third kappa shape index (κ3) is 5.55. The van der Waals surface area contributed by atoms with Crippen molar-refractivity contribution in [2.24, 2.45) is 0 Å². The van der Waals surface area contributed by atoms with Crippen molar-refractivity contribution in [2.45, 2.75) is 57.9 Å². The lowest BCUT2D eigenvalue weighted by Gasteiger charge is -2.32. The van der Waals surface area contributed by atoms with Crippen LogP contribution in [0.5, 0.6) is 5.75 Å². The van der Waals surface area contributed by atoms with Crippen LogP contribution in [0.2, 0.25) is 0 Å². The van der Waals surface area contributed by atoms with E-state index >= 15 is 0 Å². The molecule has 4 heteroatoms. The molecule has 3 rings (SSSR count).